The van der Waals surface area contributed by atoms with E-state index in [0.29, 0.717) is 12.0 Å². The Hall–Kier alpha value is -1.90. The van der Waals surface area contributed by atoms with Crippen LogP contribution in [0.25, 0.3) is 5.57 Å². The number of aliphatic carboxylic acids is 1. The zero-order chi connectivity index (χ0) is 11.3. The summed E-state index contributed by atoms with van der Waals surface area (Å²) in [6.07, 6.45) is 2.26. The van der Waals surface area contributed by atoms with Crippen LogP contribution in [-0.2, 0) is 9.59 Å². The van der Waals surface area contributed by atoms with Crippen molar-refractivity contribution in [1.82, 2.24) is 0 Å². The van der Waals surface area contributed by atoms with E-state index in [-0.39, 0.29) is 5.57 Å². The summed E-state index contributed by atoms with van der Waals surface area (Å²) in [7, 11) is 0. The molecule has 0 aliphatic carbocycles. The van der Waals surface area contributed by atoms with Crippen molar-refractivity contribution in [2.24, 2.45) is 0 Å². The molecule has 0 heterocycles. The molecule has 3 nitrogen and oxygen atoms in total. The third-order valence-corrected chi connectivity index (χ3v) is 1.93. The van der Waals surface area contributed by atoms with Gasteiger partial charge in [-0.2, -0.15) is 0 Å². The van der Waals surface area contributed by atoms with Gasteiger partial charge in [-0.3, -0.25) is 4.79 Å². The van der Waals surface area contributed by atoms with Crippen LogP contribution in [0, 0.1) is 0 Å². The van der Waals surface area contributed by atoms with E-state index < -0.39 is 11.8 Å². The van der Waals surface area contributed by atoms with Gasteiger partial charge in [0.25, 0.3) is 5.78 Å². The van der Waals surface area contributed by atoms with Crippen LogP contribution < -0.4 is 0 Å². The van der Waals surface area contributed by atoms with Gasteiger partial charge in [-0.1, -0.05) is 43.3 Å². The maximum Gasteiger partial charge on any atom is 0.377 e. The highest BCUT2D eigenvalue weighted by molar-refractivity contribution is 6.51. The largest absolute Gasteiger partial charge is 0.475 e. The van der Waals surface area contributed by atoms with Gasteiger partial charge in [0.05, 0.1) is 0 Å². The molecule has 0 amide bonds. The molecule has 3 heteroatoms. The predicted molar refractivity (Wildman–Crippen MR) is 57.4 cm³/mol. The van der Waals surface area contributed by atoms with Crippen molar-refractivity contribution < 1.29 is 14.7 Å². The van der Waals surface area contributed by atoms with Gasteiger partial charge in [-0.15, -0.1) is 0 Å². The molecule has 0 radical (unpaired) electrons. The van der Waals surface area contributed by atoms with Crippen LogP contribution in [0.5, 0.6) is 0 Å². The fraction of sp³-hybridized carbons (Fsp3) is 0.167. The minimum atomic E-state index is -1.42. The zero-order valence-electron chi connectivity index (χ0n) is 8.43. The molecular weight excluding hydrogens is 192 g/mol. The number of Topliss-reactive ketones (excluding diaryl/α,β-unsaturated/α-hetero) is 1. The highest BCUT2D eigenvalue weighted by Crippen LogP contribution is 2.15. The summed E-state index contributed by atoms with van der Waals surface area (Å²) >= 11 is 0. The Morgan fingerprint density at radius 1 is 1.27 bits per heavy atom. The van der Waals surface area contributed by atoms with Gasteiger partial charge in [0.1, 0.15) is 0 Å². The van der Waals surface area contributed by atoms with Crippen LogP contribution in [0.3, 0.4) is 0 Å². The number of hydrogen-bond acceptors (Lipinski definition) is 2. The number of benzene rings is 1. The van der Waals surface area contributed by atoms with E-state index in [1.54, 1.807) is 30.3 Å². The van der Waals surface area contributed by atoms with Gasteiger partial charge in [0.2, 0.25) is 0 Å². The first-order valence-electron chi connectivity index (χ1n) is 4.70. The van der Waals surface area contributed by atoms with Crippen molar-refractivity contribution >= 4 is 17.3 Å². The Labute approximate surface area is 88.0 Å². The number of carboxylic acids is 1. The molecule has 0 saturated heterocycles. The number of allylic oxidation sites excluding steroid dienone is 1. The lowest BCUT2D eigenvalue weighted by Crippen LogP contribution is -2.14. The summed E-state index contributed by atoms with van der Waals surface area (Å²) in [6, 6.07) is 8.81. The van der Waals surface area contributed by atoms with E-state index in [0.717, 1.165) is 0 Å². The SMILES string of the molecule is CC/C=C(\C(=O)C(=O)O)c1ccccc1. The highest BCUT2D eigenvalue weighted by atomic mass is 16.4. The molecule has 15 heavy (non-hydrogen) atoms. The molecule has 0 aliphatic heterocycles. The number of ketones is 1. The minimum Gasteiger partial charge on any atom is -0.475 e. The fourth-order valence-corrected chi connectivity index (χ4v) is 1.28. The van der Waals surface area contributed by atoms with Gasteiger partial charge < -0.3 is 5.11 Å². The molecule has 0 bridgehead atoms. The quantitative estimate of drug-likeness (QED) is 0.603. The van der Waals surface area contributed by atoms with Gasteiger partial charge >= 0.3 is 5.97 Å². The average molecular weight is 204 g/mol. The summed E-state index contributed by atoms with van der Waals surface area (Å²) in [5, 5.41) is 8.65. The lowest BCUT2D eigenvalue weighted by molar-refractivity contribution is -0.146. The van der Waals surface area contributed by atoms with Gasteiger partial charge in [0.15, 0.2) is 0 Å². The smallest absolute Gasteiger partial charge is 0.377 e. The lowest BCUT2D eigenvalue weighted by Gasteiger charge is -2.02. The van der Waals surface area contributed by atoms with Gasteiger partial charge in [-0.25, -0.2) is 4.79 Å². The van der Waals surface area contributed by atoms with E-state index in [2.05, 4.69) is 0 Å². The fourth-order valence-electron chi connectivity index (χ4n) is 1.28. The van der Waals surface area contributed by atoms with Crippen molar-refractivity contribution in [3.63, 3.8) is 0 Å². The first-order chi connectivity index (χ1) is 7.16. The summed E-state index contributed by atoms with van der Waals surface area (Å²) in [5.41, 5.74) is 0.900. The van der Waals surface area contributed by atoms with E-state index in [4.69, 9.17) is 5.11 Å². The molecule has 0 aliphatic rings. The molecule has 0 spiro atoms. The van der Waals surface area contributed by atoms with Crippen LogP contribution in [0.1, 0.15) is 18.9 Å². The van der Waals surface area contributed by atoms with Crippen LogP contribution in [-0.4, -0.2) is 16.9 Å². The van der Waals surface area contributed by atoms with Crippen LogP contribution in [0.2, 0.25) is 0 Å². The Bertz CT molecular complexity index is 391. The molecule has 0 unspecified atom stereocenters. The second kappa shape index (κ2) is 5.10. The topological polar surface area (TPSA) is 54.4 Å². The third-order valence-electron chi connectivity index (χ3n) is 1.93. The van der Waals surface area contributed by atoms with E-state index in [9.17, 15) is 9.59 Å². The van der Waals surface area contributed by atoms with Crippen molar-refractivity contribution in [2.75, 3.05) is 0 Å². The second-order valence-corrected chi connectivity index (χ2v) is 3.03. The molecule has 1 aromatic rings. The molecule has 1 N–H and O–H groups in total. The van der Waals surface area contributed by atoms with E-state index in [1.165, 1.54) is 0 Å². The highest BCUT2D eigenvalue weighted by Gasteiger charge is 2.18. The maximum absolute atomic E-state index is 11.4. The first kappa shape index (κ1) is 11.2. The monoisotopic (exact) mass is 204 g/mol. The normalized spacial score (nSPS) is 11.1. The van der Waals surface area contributed by atoms with Gasteiger partial charge in [0, 0.05) is 5.57 Å². The first-order valence-corrected chi connectivity index (χ1v) is 4.70. The summed E-state index contributed by atoms with van der Waals surface area (Å²) < 4.78 is 0. The van der Waals surface area contributed by atoms with Crippen molar-refractivity contribution in [2.45, 2.75) is 13.3 Å². The van der Waals surface area contributed by atoms with Crippen LogP contribution in [0.4, 0.5) is 0 Å². The van der Waals surface area contributed by atoms with E-state index in [1.807, 2.05) is 13.0 Å². The van der Waals surface area contributed by atoms with E-state index >= 15 is 0 Å². The number of hydrogen-bond donors (Lipinski definition) is 1. The Morgan fingerprint density at radius 3 is 2.33 bits per heavy atom. The summed E-state index contributed by atoms with van der Waals surface area (Å²) in [5.74, 6) is -2.28. The molecule has 0 atom stereocenters. The second-order valence-electron chi connectivity index (χ2n) is 3.03. The Morgan fingerprint density at radius 2 is 1.87 bits per heavy atom. The molecule has 0 aromatic heterocycles. The number of carboxylic acid groups (broad SMARTS) is 1. The van der Waals surface area contributed by atoms with Crippen LogP contribution in [0.15, 0.2) is 36.4 Å². The molecule has 78 valence electrons. The number of rotatable bonds is 4. The number of carbonyl (C=O) groups excluding carboxylic acids is 1. The Balaban J connectivity index is 3.11. The minimum absolute atomic E-state index is 0.255. The Kier molecular flexibility index (Phi) is 3.80. The maximum atomic E-state index is 11.4. The summed E-state index contributed by atoms with van der Waals surface area (Å²) in [6.45, 7) is 1.86. The van der Waals surface area contributed by atoms with Crippen molar-refractivity contribution in [3.8, 4) is 0 Å². The third kappa shape index (κ3) is 2.77. The molecule has 0 saturated carbocycles. The average Bonchev–Trinajstić information content (AvgIpc) is 2.26. The predicted octanol–water partition coefficient (Wildman–Crippen LogP) is 2.13. The zero-order valence-corrected chi connectivity index (χ0v) is 8.43. The lowest BCUT2D eigenvalue weighted by atomic mass is 10.0. The van der Waals surface area contributed by atoms with Crippen molar-refractivity contribution in [1.29, 1.82) is 0 Å². The molecule has 0 fully saturated rings. The van der Waals surface area contributed by atoms with Crippen molar-refractivity contribution in [3.05, 3.63) is 42.0 Å². The molecule has 1 rings (SSSR count). The molecular formula is C12H12O3. The molecule has 1 aromatic carbocycles. The summed E-state index contributed by atoms with van der Waals surface area (Å²) in [4.78, 5) is 22.0. The number of carbonyl (C=O) groups is 2. The van der Waals surface area contributed by atoms with Crippen LogP contribution >= 0.6 is 0 Å². The van der Waals surface area contributed by atoms with Gasteiger partial charge in [-0.05, 0) is 12.0 Å². The standard InChI is InChI=1S/C12H12O3/c1-2-6-10(11(13)12(14)15)9-7-4-3-5-8-9/h3-8H,2H2,1H3,(H,14,15)/b10-6-.